The predicted octanol–water partition coefficient (Wildman–Crippen LogP) is -0.729. The lowest BCUT2D eigenvalue weighted by Crippen LogP contribution is -2.48. The number of hydrogen-bond donors (Lipinski definition) is 2. The van der Waals surface area contributed by atoms with Gasteiger partial charge in [-0.05, 0) is 12.8 Å². The molecule has 0 bridgehead atoms. The third-order valence-electron chi connectivity index (χ3n) is 3.07. The molecule has 7 nitrogen and oxygen atoms in total. The van der Waals surface area contributed by atoms with Crippen LogP contribution in [0.25, 0.3) is 0 Å². The van der Waals surface area contributed by atoms with Crippen molar-refractivity contribution in [3.05, 3.63) is 0 Å². The number of piperidine rings is 1. The van der Waals surface area contributed by atoms with Crippen molar-refractivity contribution < 1.29 is 13.2 Å². The smallest absolute Gasteiger partial charge is 0.319 e. The number of nitrogens with zero attached hydrogens (tertiary/aromatic N) is 2. The molecule has 0 radical (unpaired) electrons. The van der Waals surface area contributed by atoms with Gasteiger partial charge in [0.05, 0.1) is 6.26 Å². The molecular weight excluding hydrogens is 268 g/mol. The molecule has 0 unspecified atom stereocenters. The Morgan fingerprint density at radius 2 is 1.84 bits per heavy atom. The van der Waals surface area contributed by atoms with Gasteiger partial charge in [0.15, 0.2) is 0 Å². The number of carbonyl (C=O) groups excluding carboxylic acids is 1. The molecule has 2 amide bonds. The summed E-state index contributed by atoms with van der Waals surface area (Å²) in [4.78, 5) is 15.2. The van der Waals surface area contributed by atoms with Crippen LogP contribution in [0, 0.1) is 0 Å². The van der Waals surface area contributed by atoms with E-state index in [1.165, 1.54) is 0 Å². The first-order valence-electron chi connectivity index (χ1n) is 6.44. The SMILES string of the molecule is CN(C)C(=O)N1CCC(NCCNS(C)(=O)=O)CC1. The highest BCUT2D eigenvalue weighted by atomic mass is 32.2. The van der Waals surface area contributed by atoms with Crippen LogP contribution in [0.2, 0.25) is 0 Å². The number of carbonyl (C=O) groups is 1. The predicted molar refractivity (Wildman–Crippen MR) is 74.5 cm³/mol. The number of amides is 2. The summed E-state index contributed by atoms with van der Waals surface area (Å²) in [5.41, 5.74) is 0. The van der Waals surface area contributed by atoms with Crippen molar-refractivity contribution in [2.24, 2.45) is 0 Å². The van der Waals surface area contributed by atoms with Crippen LogP contribution in [-0.2, 0) is 10.0 Å². The Hall–Kier alpha value is -0.860. The molecule has 19 heavy (non-hydrogen) atoms. The number of nitrogens with one attached hydrogen (secondary N) is 2. The summed E-state index contributed by atoms with van der Waals surface area (Å²) in [7, 11) is 0.402. The molecule has 2 N–H and O–H groups in total. The number of hydrogen-bond acceptors (Lipinski definition) is 4. The molecule has 1 rings (SSSR count). The highest BCUT2D eigenvalue weighted by molar-refractivity contribution is 7.88. The molecule has 1 aliphatic heterocycles. The van der Waals surface area contributed by atoms with Crippen LogP contribution in [0.5, 0.6) is 0 Å². The topological polar surface area (TPSA) is 81.8 Å². The second kappa shape index (κ2) is 7.06. The molecule has 0 spiro atoms. The van der Waals surface area contributed by atoms with E-state index in [-0.39, 0.29) is 6.03 Å². The van der Waals surface area contributed by atoms with Crippen LogP contribution < -0.4 is 10.0 Å². The minimum Gasteiger partial charge on any atom is -0.331 e. The lowest BCUT2D eigenvalue weighted by Gasteiger charge is -2.34. The molecule has 112 valence electrons. The van der Waals surface area contributed by atoms with Crippen LogP contribution in [0.4, 0.5) is 4.79 Å². The van der Waals surface area contributed by atoms with E-state index in [0.717, 1.165) is 32.2 Å². The van der Waals surface area contributed by atoms with Crippen molar-refractivity contribution in [1.29, 1.82) is 0 Å². The van der Waals surface area contributed by atoms with Crippen molar-refractivity contribution >= 4 is 16.1 Å². The van der Waals surface area contributed by atoms with Crippen molar-refractivity contribution in [2.45, 2.75) is 18.9 Å². The quantitative estimate of drug-likeness (QED) is 0.655. The monoisotopic (exact) mass is 292 g/mol. The van der Waals surface area contributed by atoms with Gasteiger partial charge in [-0.25, -0.2) is 17.9 Å². The second-order valence-electron chi connectivity index (χ2n) is 5.06. The molecule has 1 heterocycles. The van der Waals surface area contributed by atoms with Gasteiger partial charge < -0.3 is 15.1 Å². The maximum atomic E-state index is 11.7. The van der Waals surface area contributed by atoms with Crippen LogP contribution in [0.15, 0.2) is 0 Å². The van der Waals surface area contributed by atoms with Gasteiger partial charge >= 0.3 is 6.03 Å². The summed E-state index contributed by atoms with van der Waals surface area (Å²) in [6.45, 7) is 2.50. The normalized spacial score (nSPS) is 17.5. The van der Waals surface area contributed by atoms with Gasteiger partial charge in [0.25, 0.3) is 0 Å². The fourth-order valence-electron chi connectivity index (χ4n) is 2.07. The highest BCUT2D eigenvalue weighted by Gasteiger charge is 2.23. The summed E-state index contributed by atoms with van der Waals surface area (Å²) < 4.78 is 24.2. The number of urea groups is 1. The van der Waals surface area contributed by atoms with Gasteiger partial charge in [0, 0.05) is 46.3 Å². The largest absolute Gasteiger partial charge is 0.331 e. The molecule has 0 saturated carbocycles. The summed E-state index contributed by atoms with van der Waals surface area (Å²) in [6, 6.07) is 0.407. The Morgan fingerprint density at radius 3 is 2.32 bits per heavy atom. The molecule has 0 aromatic carbocycles. The van der Waals surface area contributed by atoms with Crippen LogP contribution >= 0.6 is 0 Å². The Labute approximate surface area is 115 Å². The Balaban J connectivity index is 2.18. The summed E-state index contributed by atoms with van der Waals surface area (Å²) in [6.07, 6.45) is 2.95. The summed E-state index contributed by atoms with van der Waals surface area (Å²) >= 11 is 0. The molecular formula is C11H24N4O3S. The van der Waals surface area contributed by atoms with Crippen molar-refractivity contribution in [3.63, 3.8) is 0 Å². The molecule has 1 fully saturated rings. The van der Waals surface area contributed by atoms with Crippen molar-refractivity contribution in [1.82, 2.24) is 19.8 Å². The molecule has 1 aliphatic rings. The minimum absolute atomic E-state index is 0.0530. The summed E-state index contributed by atoms with van der Waals surface area (Å²) in [5, 5.41) is 3.30. The Morgan fingerprint density at radius 1 is 1.26 bits per heavy atom. The average molecular weight is 292 g/mol. The van der Waals surface area contributed by atoms with E-state index in [4.69, 9.17) is 0 Å². The first-order chi connectivity index (χ1) is 8.79. The van der Waals surface area contributed by atoms with Gasteiger partial charge in [-0.2, -0.15) is 0 Å². The average Bonchev–Trinajstić information content (AvgIpc) is 2.33. The van der Waals surface area contributed by atoms with Crippen LogP contribution in [-0.4, -0.2) is 76.8 Å². The molecule has 0 aromatic rings. The number of sulfonamides is 1. The van der Waals surface area contributed by atoms with Crippen LogP contribution in [0.3, 0.4) is 0 Å². The zero-order valence-corrected chi connectivity index (χ0v) is 12.7. The standard InChI is InChI=1S/C11H24N4O3S/c1-14(2)11(16)15-8-4-10(5-9-15)12-6-7-13-19(3,17)18/h10,12-13H,4-9H2,1-3H3. The van der Waals surface area contributed by atoms with E-state index in [1.54, 1.807) is 19.0 Å². The molecule has 0 atom stereocenters. The van der Waals surface area contributed by atoms with E-state index in [0.29, 0.717) is 19.1 Å². The van der Waals surface area contributed by atoms with Gasteiger partial charge in [-0.15, -0.1) is 0 Å². The zero-order chi connectivity index (χ0) is 14.5. The fourth-order valence-corrected chi connectivity index (χ4v) is 2.54. The van der Waals surface area contributed by atoms with E-state index >= 15 is 0 Å². The van der Waals surface area contributed by atoms with E-state index < -0.39 is 10.0 Å². The maximum absolute atomic E-state index is 11.7. The highest BCUT2D eigenvalue weighted by Crippen LogP contribution is 2.11. The van der Waals surface area contributed by atoms with Gasteiger partial charge in [-0.1, -0.05) is 0 Å². The van der Waals surface area contributed by atoms with Crippen LogP contribution in [0.1, 0.15) is 12.8 Å². The lowest BCUT2D eigenvalue weighted by atomic mass is 10.1. The number of rotatable bonds is 5. The molecule has 1 saturated heterocycles. The van der Waals surface area contributed by atoms with Gasteiger partial charge in [0.1, 0.15) is 0 Å². The molecule has 0 aromatic heterocycles. The minimum atomic E-state index is -3.11. The first-order valence-corrected chi connectivity index (χ1v) is 8.33. The third kappa shape index (κ3) is 6.22. The zero-order valence-electron chi connectivity index (χ0n) is 11.8. The first kappa shape index (κ1) is 16.2. The van der Waals surface area contributed by atoms with Crippen molar-refractivity contribution in [2.75, 3.05) is 46.5 Å². The number of likely N-dealkylation sites (tertiary alicyclic amines) is 1. The maximum Gasteiger partial charge on any atom is 0.319 e. The molecule has 0 aliphatic carbocycles. The van der Waals surface area contributed by atoms with Gasteiger partial charge in [-0.3, -0.25) is 0 Å². The van der Waals surface area contributed by atoms with E-state index in [1.807, 2.05) is 4.90 Å². The fraction of sp³-hybridized carbons (Fsp3) is 0.909. The lowest BCUT2D eigenvalue weighted by molar-refractivity contribution is 0.152. The van der Waals surface area contributed by atoms with Gasteiger partial charge in [0.2, 0.25) is 10.0 Å². The second-order valence-corrected chi connectivity index (χ2v) is 6.89. The summed E-state index contributed by atoms with van der Waals surface area (Å²) in [5.74, 6) is 0. The third-order valence-corrected chi connectivity index (χ3v) is 3.80. The van der Waals surface area contributed by atoms with E-state index in [2.05, 4.69) is 10.0 Å². The molecule has 8 heteroatoms. The Bertz CT molecular complexity index is 389. The van der Waals surface area contributed by atoms with Crippen molar-refractivity contribution in [3.8, 4) is 0 Å². The van der Waals surface area contributed by atoms with E-state index in [9.17, 15) is 13.2 Å². The Kier molecular flexibility index (Phi) is 6.02.